The van der Waals surface area contributed by atoms with E-state index in [1.807, 2.05) is 72.8 Å². The van der Waals surface area contributed by atoms with Crippen LogP contribution in [0.25, 0.3) is 0 Å². The molecule has 0 radical (unpaired) electrons. The van der Waals surface area contributed by atoms with Gasteiger partial charge in [0.05, 0.1) is 5.69 Å². The molecule has 0 aromatic heterocycles. The van der Waals surface area contributed by atoms with Gasteiger partial charge in [0.15, 0.2) is 0 Å². The van der Waals surface area contributed by atoms with Gasteiger partial charge in [-0.3, -0.25) is 4.79 Å². The average Bonchev–Trinajstić information content (AvgIpc) is 2.62. The number of para-hydroxylation sites is 1. The molecule has 114 valence electrons. The SMILES string of the molecule is O=C(Nc1ccccc1SCc1ccccc1)c1ccccc1. The molecular weight excluding hydrogens is 302 g/mol. The molecule has 1 amide bonds. The summed E-state index contributed by atoms with van der Waals surface area (Å²) in [5, 5.41) is 3.00. The van der Waals surface area contributed by atoms with Crippen LogP contribution in [0.4, 0.5) is 5.69 Å². The predicted octanol–water partition coefficient (Wildman–Crippen LogP) is 5.23. The average molecular weight is 319 g/mol. The van der Waals surface area contributed by atoms with E-state index in [1.54, 1.807) is 11.8 Å². The topological polar surface area (TPSA) is 29.1 Å². The van der Waals surface area contributed by atoms with Gasteiger partial charge in [0, 0.05) is 16.2 Å². The molecule has 0 fully saturated rings. The fraction of sp³-hybridized carbons (Fsp3) is 0.0500. The van der Waals surface area contributed by atoms with Crippen LogP contribution in [-0.4, -0.2) is 5.91 Å². The third-order valence-corrected chi connectivity index (χ3v) is 4.55. The molecule has 0 saturated carbocycles. The highest BCUT2D eigenvalue weighted by Gasteiger charge is 2.08. The highest BCUT2D eigenvalue weighted by molar-refractivity contribution is 7.98. The molecule has 0 bridgehead atoms. The summed E-state index contributed by atoms with van der Waals surface area (Å²) in [6.45, 7) is 0. The van der Waals surface area contributed by atoms with E-state index in [0.29, 0.717) is 5.56 Å². The summed E-state index contributed by atoms with van der Waals surface area (Å²) in [6.07, 6.45) is 0. The van der Waals surface area contributed by atoms with E-state index in [4.69, 9.17) is 0 Å². The molecule has 3 aromatic rings. The van der Waals surface area contributed by atoms with Gasteiger partial charge in [0.2, 0.25) is 0 Å². The van der Waals surface area contributed by atoms with Crippen LogP contribution in [0.1, 0.15) is 15.9 Å². The molecule has 2 nitrogen and oxygen atoms in total. The van der Waals surface area contributed by atoms with Crippen LogP contribution >= 0.6 is 11.8 Å². The van der Waals surface area contributed by atoms with Crippen LogP contribution < -0.4 is 5.32 Å². The number of benzene rings is 3. The zero-order chi connectivity index (χ0) is 15.9. The molecule has 0 spiro atoms. The Morgan fingerprint density at radius 3 is 2.13 bits per heavy atom. The summed E-state index contributed by atoms with van der Waals surface area (Å²) in [5.41, 5.74) is 2.78. The number of hydrogen-bond acceptors (Lipinski definition) is 2. The number of rotatable bonds is 5. The first-order chi connectivity index (χ1) is 11.3. The minimum atomic E-state index is -0.0849. The fourth-order valence-corrected chi connectivity index (χ4v) is 3.18. The van der Waals surface area contributed by atoms with E-state index < -0.39 is 0 Å². The van der Waals surface area contributed by atoms with E-state index in [1.165, 1.54) is 5.56 Å². The second kappa shape index (κ2) is 7.65. The predicted molar refractivity (Wildman–Crippen MR) is 96.8 cm³/mol. The molecule has 3 aromatic carbocycles. The van der Waals surface area contributed by atoms with Gasteiger partial charge in [-0.05, 0) is 29.8 Å². The molecule has 3 rings (SSSR count). The number of amides is 1. The molecule has 3 heteroatoms. The lowest BCUT2D eigenvalue weighted by Gasteiger charge is -2.11. The maximum Gasteiger partial charge on any atom is 0.255 e. The molecule has 0 atom stereocenters. The lowest BCUT2D eigenvalue weighted by molar-refractivity contribution is 0.102. The Balaban J connectivity index is 1.72. The molecule has 0 heterocycles. The number of nitrogens with one attached hydrogen (secondary N) is 1. The molecule has 0 aliphatic rings. The Morgan fingerprint density at radius 2 is 1.39 bits per heavy atom. The summed E-state index contributed by atoms with van der Waals surface area (Å²) in [5.74, 6) is 0.789. The Morgan fingerprint density at radius 1 is 0.783 bits per heavy atom. The maximum absolute atomic E-state index is 12.3. The van der Waals surface area contributed by atoms with Crippen molar-refractivity contribution in [1.82, 2.24) is 0 Å². The van der Waals surface area contributed by atoms with Crippen molar-refractivity contribution in [3.63, 3.8) is 0 Å². The monoisotopic (exact) mass is 319 g/mol. The lowest BCUT2D eigenvalue weighted by Crippen LogP contribution is -2.12. The lowest BCUT2D eigenvalue weighted by atomic mass is 10.2. The quantitative estimate of drug-likeness (QED) is 0.652. The van der Waals surface area contributed by atoms with E-state index in [2.05, 4.69) is 17.4 Å². The zero-order valence-corrected chi connectivity index (χ0v) is 13.4. The van der Waals surface area contributed by atoms with Crippen molar-refractivity contribution in [2.45, 2.75) is 10.6 Å². The largest absolute Gasteiger partial charge is 0.321 e. The van der Waals surface area contributed by atoms with E-state index in [9.17, 15) is 4.79 Å². The summed E-state index contributed by atoms with van der Waals surface area (Å²) in [6, 6.07) is 27.5. The van der Waals surface area contributed by atoms with Crippen molar-refractivity contribution in [2.75, 3.05) is 5.32 Å². The van der Waals surface area contributed by atoms with E-state index in [-0.39, 0.29) is 5.91 Å². The van der Waals surface area contributed by atoms with Gasteiger partial charge in [-0.2, -0.15) is 0 Å². The Labute approximate surface area is 140 Å². The summed E-state index contributed by atoms with van der Waals surface area (Å²) < 4.78 is 0. The standard InChI is InChI=1S/C20H17NOS/c22-20(17-11-5-2-6-12-17)21-18-13-7-8-14-19(18)23-15-16-9-3-1-4-10-16/h1-14H,15H2,(H,21,22). The minimum Gasteiger partial charge on any atom is -0.321 e. The first kappa shape index (κ1) is 15.4. The van der Waals surface area contributed by atoms with Crippen molar-refractivity contribution >= 4 is 23.4 Å². The van der Waals surface area contributed by atoms with Gasteiger partial charge < -0.3 is 5.32 Å². The number of carbonyl (C=O) groups excluding carboxylic acids is 1. The van der Waals surface area contributed by atoms with Crippen molar-refractivity contribution in [3.05, 3.63) is 96.1 Å². The number of hydrogen-bond donors (Lipinski definition) is 1. The van der Waals surface area contributed by atoms with E-state index >= 15 is 0 Å². The molecule has 0 aliphatic heterocycles. The van der Waals surface area contributed by atoms with E-state index in [0.717, 1.165) is 16.3 Å². The second-order valence-corrected chi connectivity index (χ2v) is 6.11. The molecular formula is C20H17NOS. The highest BCUT2D eigenvalue weighted by atomic mass is 32.2. The molecule has 0 saturated heterocycles. The van der Waals surface area contributed by atoms with Crippen molar-refractivity contribution in [2.24, 2.45) is 0 Å². The van der Waals surface area contributed by atoms with Gasteiger partial charge in [-0.15, -0.1) is 11.8 Å². The molecule has 23 heavy (non-hydrogen) atoms. The molecule has 0 aliphatic carbocycles. The number of thioether (sulfide) groups is 1. The Bertz CT molecular complexity index is 772. The van der Waals surface area contributed by atoms with Gasteiger partial charge in [0.25, 0.3) is 5.91 Å². The summed E-state index contributed by atoms with van der Waals surface area (Å²) in [4.78, 5) is 13.4. The Hall–Kier alpha value is -2.52. The van der Waals surface area contributed by atoms with Crippen LogP contribution in [0.3, 0.4) is 0 Å². The zero-order valence-electron chi connectivity index (χ0n) is 12.6. The normalized spacial score (nSPS) is 10.3. The van der Waals surface area contributed by atoms with Gasteiger partial charge in [-0.1, -0.05) is 60.7 Å². The van der Waals surface area contributed by atoms with Crippen LogP contribution in [0.15, 0.2) is 89.8 Å². The van der Waals surface area contributed by atoms with Gasteiger partial charge in [-0.25, -0.2) is 0 Å². The van der Waals surface area contributed by atoms with Crippen LogP contribution in [0, 0.1) is 0 Å². The van der Waals surface area contributed by atoms with Crippen molar-refractivity contribution in [1.29, 1.82) is 0 Å². The first-order valence-electron chi connectivity index (χ1n) is 7.45. The number of anilines is 1. The second-order valence-electron chi connectivity index (χ2n) is 5.09. The molecule has 1 N–H and O–H groups in total. The van der Waals surface area contributed by atoms with Crippen LogP contribution in [0.2, 0.25) is 0 Å². The fourth-order valence-electron chi connectivity index (χ4n) is 2.22. The number of carbonyl (C=O) groups is 1. The van der Waals surface area contributed by atoms with Gasteiger partial charge >= 0.3 is 0 Å². The summed E-state index contributed by atoms with van der Waals surface area (Å²) in [7, 11) is 0. The smallest absolute Gasteiger partial charge is 0.255 e. The van der Waals surface area contributed by atoms with Crippen LogP contribution in [0.5, 0.6) is 0 Å². The van der Waals surface area contributed by atoms with Crippen molar-refractivity contribution < 1.29 is 4.79 Å². The third kappa shape index (κ3) is 4.24. The third-order valence-electron chi connectivity index (χ3n) is 3.41. The van der Waals surface area contributed by atoms with Crippen LogP contribution in [-0.2, 0) is 5.75 Å². The van der Waals surface area contributed by atoms with Gasteiger partial charge in [0.1, 0.15) is 0 Å². The molecule has 0 unspecified atom stereocenters. The minimum absolute atomic E-state index is 0.0849. The van der Waals surface area contributed by atoms with Crippen molar-refractivity contribution in [3.8, 4) is 0 Å². The Kier molecular flexibility index (Phi) is 5.12. The maximum atomic E-state index is 12.3. The highest BCUT2D eigenvalue weighted by Crippen LogP contribution is 2.30. The first-order valence-corrected chi connectivity index (χ1v) is 8.43. The summed E-state index contributed by atoms with van der Waals surface area (Å²) >= 11 is 1.72.